The average Bonchev–Trinajstić information content (AvgIpc) is 3.25. The van der Waals surface area contributed by atoms with Gasteiger partial charge >= 0.3 is 0 Å². The van der Waals surface area contributed by atoms with Crippen LogP contribution in [-0.4, -0.2) is 30.5 Å². The number of fused-ring (bicyclic) bond motifs is 1. The van der Waals surface area contributed by atoms with Crippen molar-refractivity contribution in [2.24, 2.45) is 7.05 Å². The molecule has 0 aliphatic carbocycles. The summed E-state index contributed by atoms with van der Waals surface area (Å²) in [7, 11) is 1.69. The van der Waals surface area contributed by atoms with Gasteiger partial charge in [0, 0.05) is 19.3 Å². The van der Waals surface area contributed by atoms with Crippen molar-refractivity contribution in [1.29, 1.82) is 0 Å². The zero-order chi connectivity index (χ0) is 17.6. The maximum atomic E-state index is 13.4. The van der Waals surface area contributed by atoms with Gasteiger partial charge in [-0.25, -0.2) is 9.37 Å². The fraction of sp³-hybridized carbons (Fsp3) is 0.125. The Morgan fingerprint density at radius 1 is 1.28 bits per heavy atom. The summed E-state index contributed by atoms with van der Waals surface area (Å²) >= 11 is 1.30. The second-order valence-electron chi connectivity index (χ2n) is 5.49. The summed E-state index contributed by atoms with van der Waals surface area (Å²) < 4.78 is 17.1. The van der Waals surface area contributed by atoms with E-state index in [2.05, 4.69) is 20.5 Å². The Bertz CT molecular complexity index is 1100. The molecule has 0 aliphatic rings. The number of aryl methyl sites for hydroxylation is 2. The molecule has 4 aromatic rings. The minimum absolute atomic E-state index is 0.298. The van der Waals surface area contributed by atoms with Gasteiger partial charge in [0.1, 0.15) is 17.3 Å². The number of anilines is 1. The fourth-order valence-electron chi connectivity index (χ4n) is 2.49. The maximum Gasteiger partial charge on any atom is 0.275 e. The van der Waals surface area contributed by atoms with E-state index in [4.69, 9.17) is 0 Å². The molecule has 0 saturated heterocycles. The van der Waals surface area contributed by atoms with Gasteiger partial charge in [-0.05, 0) is 31.2 Å². The zero-order valence-electron chi connectivity index (χ0n) is 13.4. The highest BCUT2D eigenvalue weighted by atomic mass is 32.1. The Hall–Kier alpha value is -3.07. The number of nitrogens with one attached hydrogen (secondary N) is 1. The van der Waals surface area contributed by atoms with Crippen LogP contribution in [0.2, 0.25) is 0 Å². The first-order chi connectivity index (χ1) is 12.0. The van der Waals surface area contributed by atoms with Crippen molar-refractivity contribution >= 4 is 33.3 Å². The van der Waals surface area contributed by atoms with Crippen molar-refractivity contribution in [3.05, 3.63) is 53.7 Å². The van der Waals surface area contributed by atoms with Gasteiger partial charge in [0.25, 0.3) is 5.91 Å². The highest BCUT2D eigenvalue weighted by molar-refractivity contribution is 7.20. The third kappa shape index (κ3) is 2.78. The molecule has 0 saturated carbocycles. The van der Waals surface area contributed by atoms with Crippen LogP contribution in [0.25, 0.3) is 15.3 Å². The Morgan fingerprint density at radius 3 is 2.88 bits per heavy atom. The lowest BCUT2D eigenvalue weighted by atomic mass is 10.3. The van der Waals surface area contributed by atoms with Crippen molar-refractivity contribution in [3.63, 3.8) is 0 Å². The number of benzene rings is 1. The third-order valence-corrected chi connectivity index (χ3v) is 4.64. The topological polar surface area (TPSA) is 77.6 Å². The monoisotopic (exact) mass is 356 g/mol. The molecule has 0 atom stereocenters. The van der Waals surface area contributed by atoms with Crippen LogP contribution in [0.3, 0.4) is 0 Å². The van der Waals surface area contributed by atoms with Crippen molar-refractivity contribution in [2.75, 3.05) is 5.32 Å². The lowest BCUT2D eigenvalue weighted by Gasteiger charge is -2.06. The summed E-state index contributed by atoms with van der Waals surface area (Å²) in [6, 6.07) is 7.80. The second kappa shape index (κ2) is 5.78. The molecule has 1 amide bonds. The summed E-state index contributed by atoms with van der Waals surface area (Å²) in [5.41, 5.74) is 1.83. The largest absolute Gasteiger partial charge is 0.305 e. The molecule has 1 aromatic carbocycles. The Kier molecular flexibility index (Phi) is 3.57. The molecule has 0 spiro atoms. The normalized spacial score (nSPS) is 11.2. The molecular weight excluding hydrogens is 343 g/mol. The average molecular weight is 356 g/mol. The Morgan fingerprint density at radius 2 is 2.12 bits per heavy atom. The van der Waals surface area contributed by atoms with Crippen molar-refractivity contribution in [1.82, 2.24) is 24.5 Å². The SMILES string of the molecule is Cc1cc(NC(=O)c2ccnn2C)n(-c2nc3ccc(F)cc3s2)n1. The minimum atomic E-state index is -0.316. The van der Waals surface area contributed by atoms with E-state index in [0.29, 0.717) is 26.9 Å². The second-order valence-corrected chi connectivity index (χ2v) is 6.49. The van der Waals surface area contributed by atoms with Crippen molar-refractivity contribution < 1.29 is 9.18 Å². The van der Waals surface area contributed by atoms with Gasteiger partial charge in [-0.1, -0.05) is 11.3 Å². The molecule has 126 valence electrons. The van der Waals surface area contributed by atoms with Crippen LogP contribution in [0.4, 0.5) is 10.2 Å². The van der Waals surface area contributed by atoms with Crippen LogP contribution in [0.1, 0.15) is 16.2 Å². The van der Waals surface area contributed by atoms with Crippen LogP contribution in [0.15, 0.2) is 36.5 Å². The van der Waals surface area contributed by atoms with E-state index < -0.39 is 0 Å². The lowest BCUT2D eigenvalue weighted by Crippen LogP contribution is -2.18. The van der Waals surface area contributed by atoms with Crippen LogP contribution in [-0.2, 0) is 7.05 Å². The molecular formula is C16H13FN6OS. The number of rotatable bonds is 3. The van der Waals surface area contributed by atoms with Gasteiger partial charge in [-0.2, -0.15) is 14.9 Å². The summed E-state index contributed by atoms with van der Waals surface area (Å²) in [5.74, 6) is -0.124. The van der Waals surface area contributed by atoms with Crippen LogP contribution in [0, 0.1) is 12.7 Å². The molecule has 0 radical (unpaired) electrons. The van der Waals surface area contributed by atoms with Crippen LogP contribution in [0.5, 0.6) is 0 Å². The maximum absolute atomic E-state index is 13.4. The number of aromatic nitrogens is 5. The van der Waals surface area contributed by atoms with E-state index >= 15 is 0 Å². The van der Waals surface area contributed by atoms with Gasteiger partial charge in [0.15, 0.2) is 0 Å². The molecule has 3 heterocycles. The third-order valence-electron chi connectivity index (χ3n) is 3.65. The predicted octanol–water partition coefficient (Wildman–Crippen LogP) is 2.92. The number of halogens is 1. The number of carbonyl (C=O) groups is 1. The molecule has 7 nitrogen and oxygen atoms in total. The summed E-state index contributed by atoms with van der Waals surface area (Å²) in [4.78, 5) is 16.9. The molecule has 9 heteroatoms. The van der Waals surface area contributed by atoms with E-state index in [9.17, 15) is 9.18 Å². The lowest BCUT2D eigenvalue weighted by molar-refractivity contribution is 0.101. The number of carbonyl (C=O) groups excluding carboxylic acids is 1. The molecule has 0 aliphatic heterocycles. The molecule has 0 fully saturated rings. The van der Waals surface area contributed by atoms with E-state index in [1.165, 1.54) is 28.2 Å². The highest BCUT2D eigenvalue weighted by Gasteiger charge is 2.17. The first-order valence-electron chi connectivity index (χ1n) is 7.44. The van der Waals surface area contributed by atoms with Crippen molar-refractivity contribution in [3.8, 4) is 5.13 Å². The van der Waals surface area contributed by atoms with E-state index in [1.807, 2.05) is 6.92 Å². The summed E-state index contributed by atoms with van der Waals surface area (Å²) in [5, 5.41) is 11.8. The number of amides is 1. The van der Waals surface area contributed by atoms with E-state index in [-0.39, 0.29) is 11.7 Å². The van der Waals surface area contributed by atoms with Crippen molar-refractivity contribution in [2.45, 2.75) is 6.92 Å². The van der Waals surface area contributed by atoms with Gasteiger partial charge in [-0.3, -0.25) is 9.48 Å². The molecule has 1 N–H and O–H groups in total. The summed E-state index contributed by atoms with van der Waals surface area (Å²) in [6.45, 7) is 1.82. The molecule has 25 heavy (non-hydrogen) atoms. The first kappa shape index (κ1) is 15.5. The molecule has 3 aromatic heterocycles. The highest BCUT2D eigenvalue weighted by Crippen LogP contribution is 2.28. The Labute approximate surface area is 145 Å². The van der Waals surface area contributed by atoms with Gasteiger partial charge in [0.05, 0.1) is 15.9 Å². The fourth-order valence-corrected chi connectivity index (χ4v) is 3.44. The smallest absolute Gasteiger partial charge is 0.275 e. The van der Waals surface area contributed by atoms with Gasteiger partial charge in [-0.15, -0.1) is 0 Å². The van der Waals surface area contributed by atoms with E-state index in [1.54, 1.807) is 36.1 Å². The van der Waals surface area contributed by atoms with E-state index in [0.717, 1.165) is 5.69 Å². The minimum Gasteiger partial charge on any atom is -0.305 e. The molecule has 4 rings (SSSR count). The zero-order valence-corrected chi connectivity index (χ0v) is 14.2. The quantitative estimate of drug-likeness (QED) is 0.612. The summed E-state index contributed by atoms with van der Waals surface area (Å²) in [6.07, 6.45) is 1.56. The number of thiazole rings is 1. The predicted molar refractivity (Wildman–Crippen MR) is 92.6 cm³/mol. The molecule has 0 bridgehead atoms. The van der Waals surface area contributed by atoms with Gasteiger partial charge < -0.3 is 5.32 Å². The first-order valence-corrected chi connectivity index (χ1v) is 8.25. The molecule has 0 unspecified atom stereocenters. The number of hydrogen-bond donors (Lipinski definition) is 1. The van der Waals surface area contributed by atoms with Gasteiger partial charge in [0.2, 0.25) is 5.13 Å². The van der Waals surface area contributed by atoms with Crippen LogP contribution >= 0.6 is 11.3 Å². The Balaban J connectivity index is 1.73. The number of nitrogens with zero attached hydrogens (tertiary/aromatic N) is 5. The van der Waals surface area contributed by atoms with Crippen LogP contribution < -0.4 is 5.32 Å². The standard InChI is InChI=1S/C16H13FN6OS/c1-9-7-14(20-15(24)12-5-6-18-22(12)2)23(21-9)16-19-11-4-3-10(17)8-13(11)25-16/h3-8H,1-2H3,(H,20,24). The number of hydrogen-bond acceptors (Lipinski definition) is 5.